The van der Waals surface area contributed by atoms with Crippen LogP contribution in [0.4, 0.5) is 0 Å². The Balaban J connectivity index is 2.48. The number of aryl methyl sites for hydroxylation is 1. The van der Waals surface area contributed by atoms with Crippen molar-refractivity contribution in [1.82, 2.24) is 0 Å². The van der Waals surface area contributed by atoms with E-state index in [2.05, 4.69) is 30.3 Å². The first-order valence-electron chi connectivity index (χ1n) is 4.53. The van der Waals surface area contributed by atoms with E-state index in [1.54, 1.807) is 6.21 Å². The van der Waals surface area contributed by atoms with E-state index in [1.165, 1.54) is 11.1 Å². The van der Waals surface area contributed by atoms with Crippen LogP contribution in [0.5, 0.6) is 0 Å². The van der Waals surface area contributed by atoms with E-state index in [1.807, 2.05) is 6.07 Å². The normalized spacial score (nSPS) is 26.5. The summed E-state index contributed by atoms with van der Waals surface area (Å²) in [6, 6.07) is 8.35. The molecule has 13 heavy (non-hydrogen) atoms. The maximum atomic E-state index is 8.59. The first-order valence-corrected chi connectivity index (χ1v) is 4.53. The molecular weight excluding hydrogens is 162 g/mol. The van der Waals surface area contributed by atoms with Gasteiger partial charge in [0.1, 0.15) is 0 Å². The van der Waals surface area contributed by atoms with Crippen LogP contribution in [0.15, 0.2) is 29.4 Å². The van der Waals surface area contributed by atoms with Gasteiger partial charge in [0, 0.05) is 5.41 Å². The standard InChI is InChI=1S/C11H13NO/c1-11(8-12-13)7-6-9-4-2-3-5-10(9)11/h2-5,8,13H,6-7H2,1H3. The molecule has 1 unspecified atom stereocenters. The summed E-state index contributed by atoms with van der Waals surface area (Å²) in [6.07, 6.45) is 3.76. The average molecular weight is 175 g/mol. The van der Waals surface area contributed by atoms with Gasteiger partial charge in [-0.3, -0.25) is 0 Å². The van der Waals surface area contributed by atoms with E-state index in [-0.39, 0.29) is 5.41 Å². The fourth-order valence-corrected chi connectivity index (χ4v) is 2.09. The molecule has 1 aromatic carbocycles. The van der Waals surface area contributed by atoms with Crippen LogP contribution in [0.1, 0.15) is 24.5 Å². The van der Waals surface area contributed by atoms with Gasteiger partial charge in [-0.15, -0.1) is 5.16 Å². The summed E-state index contributed by atoms with van der Waals surface area (Å²) >= 11 is 0. The van der Waals surface area contributed by atoms with Crippen molar-refractivity contribution in [1.29, 1.82) is 0 Å². The van der Waals surface area contributed by atoms with E-state index in [9.17, 15) is 0 Å². The summed E-state index contributed by atoms with van der Waals surface area (Å²) in [4.78, 5) is 0. The molecule has 0 saturated heterocycles. The van der Waals surface area contributed by atoms with Gasteiger partial charge < -0.3 is 5.21 Å². The monoisotopic (exact) mass is 175 g/mol. The molecule has 0 heterocycles. The molecule has 2 rings (SSSR count). The molecule has 1 N–H and O–H groups in total. The molecule has 1 atom stereocenters. The zero-order chi connectivity index (χ0) is 9.31. The number of nitrogens with zero attached hydrogens (tertiary/aromatic N) is 1. The van der Waals surface area contributed by atoms with E-state index in [0.29, 0.717) is 0 Å². The maximum Gasteiger partial charge on any atom is 0.0539 e. The zero-order valence-corrected chi connectivity index (χ0v) is 7.70. The Kier molecular flexibility index (Phi) is 1.83. The zero-order valence-electron chi connectivity index (χ0n) is 7.70. The SMILES string of the molecule is CC1(C=NO)CCc2ccccc21. The third kappa shape index (κ3) is 1.22. The second-order valence-electron chi connectivity index (χ2n) is 3.82. The molecule has 2 heteroatoms. The summed E-state index contributed by atoms with van der Waals surface area (Å²) in [6.45, 7) is 2.11. The molecule has 1 aromatic rings. The Bertz CT molecular complexity index is 346. The molecule has 0 amide bonds. The van der Waals surface area contributed by atoms with Crippen LogP contribution >= 0.6 is 0 Å². The molecule has 2 nitrogen and oxygen atoms in total. The lowest BCUT2D eigenvalue weighted by Gasteiger charge is -2.18. The lowest BCUT2D eigenvalue weighted by molar-refractivity contribution is 0.317. The van der Waals surface area contributed by atoms with Crippen molar-refractivity contribution < 1.29 is 5.21 Å². The molecular formula is C11H13NO. The predicted octanol–water partition coefficient (Wildman–Crippen LogP) is 2.35. The van der Waals surface area contributed by atoms with E-state index >= 15 is 0 Å². The van der Waals surface area contributed by atoms with Crippen molar-refractivity contribution in [3.63, 3.8) is 0 Å². The van der Waals surface area contributed by atoms with Gasteiger partial charge >= 0.3 is 0 Å². The number of benzene rings is 1. The minimum absolute atomic E-state index is 0.0641. The topological polar surface area (TPSA) is 32.6 Å². The van der Waals surface area contributed by atoms with Crippen LogP contribution in [-0.4, -0.2) is 11.4 Å². The number of oxime groups is 1. The van der Waals surface area contributed by atoms with Gasteiger partial charge in [-0.25, -0.2) is 0 Å². The molecule has 1 aliphatic carbocycles. The number of fused-ring (bicyclic) bond motifs is 1. The Hall–Kier alpha value is -1.31. The van der Waals surface area contributed by atoms with Crippen molar-refractivity contribution in [3.8, 4) is 0 Å². The van der Waals surface area contributed by atoms with Gasteiger partial charge in [0.05, 0.1) is 6.21 Å². The van der Waals surface area contributed by atoms with Crippen molar-refractivity contribution in [2.75, 3.05) is 0 Å². The molecule has 0 radical (unpaired) electrons. The number of hydrogen-bond acceptors (Lipinski definition) is 2. The smallest absolute Gasteiger partial charge is 0.0539 e. The van der Waals surface area contributed by atoms with Gasteiger partial charge in [0.2, 0.25) is 0 Å². The Morgan fingerprint density at radius 3 is 3.00 bits per heavy atom. The average Bonchev–Trinajstić information content (AvgIpc) is 2.46. The Morgan fingerprint density at radius 2 is 2.23 bits per heavy atom. The third-order valence-electron chi connectivity index (χ3n) is 2.89. The molecule has 1 aliphatic rings. The summed E-state index contributed by atoms with van der Waals surface area (Å²) in [7, 11) is 0. The molecule has 68 valence electrons. The quantitative estimate of drug-likeness (QED) is 0.396. The maximum absolute atomic E-state index is 8.59. The minimum atomic E-state index is -0.0641. The number of hydrogen-bond donors (Lipinski definition) is 1. The second-order valence-corrected chi connectivity index (χ2v) is 3.82. The number of rotatable bonds is 1. The third-order valence-corrected chi connectivity index (χ3v) is 2.89. The van der Waals surface area contributed by atoms with E-state index in [0.717, 1.165) is 12.8 Å². The van der Waals surface area contributed by atoms with Crippen molar-refractivity contribution >= 4 is 6.21 Å². The first-order chi connectivity index (χ1) is 6.26. The summed E-state index contributed by atoms with van der Waals surface area (Å²) in [5.41, 5.74) is 2.61. The first kappa shape index (κ1) is 8.30. The van der Waals surface area contributed by atoms with Crippen molar-refractivity contribution in [3.05, 3.63) is 35.4 Å². The summed E-state index contributed by atoms with van der Waals surface area (Å²) in [5, 5.41) is 11.8. The van der Waals surface area contributed by atoms with Gasteiger partial charge in [-0.1, -0.05) is 31.2 Å². The second kappa shape index (κ2) is 2.87. The van der Waals surface area contributed by atoms with Gasteiger partial charge in [-0.05, 0) is 24.0 Å². The lowest BCUT2D eigenvalue weighted by Crippen LogP contribution is -2.19. The summed E-state index contributed by atoms with van der Waals surface area (Å²) < 4.78 is 0. The molecule has 0 aliphatic heterocycles. The van der Waals surface area contributed by atoms with E-state index < -0.39 is 0 Å². The van der Waals surface area contributed by atoms with Crippen LogP contribution < -0.4 is 0 Å². The van der Waals surface area contributed by atoms with Crippen LogP contribution in [0, 0.1) is 0 Å². The van der Waals surface area contributed by atoms with Crippen LogP contribution in [-0.2, 0) is 11.8 Å². The highest BCUT2D eigenvalue weighted by atomic mass is 16.4. The van der Waals surface area contributed by atoms with Crippen molar-refractivity contribution in [2.24, 2.45) is 5.16 Å². The Labute approximate surface area is 77.9 Å². The van der Waals surface area contributed by atoms with Gasteiger partial charge in [0.25, 0.3) is 0 Å². The predicted molar refractivity (Wildman–Crippen MR) is 52.4 cm³/mol. The molecule has 0 saturated carbocycles. The van der Waals surface area contributed by atoms with Crippen molar-refractivity contribution in [2.45, 2.75) is 25.2 Å². The Morgan fingerprint density at radius 1 is 1.46 bits per heavy atom. The van der Waals surface area contributed by atoms with Crippen LogP contribution in [0.3, 0.4) is 0 Å². The van der Waals surface area contributed by atoms with E-state index in [4.69, 9.17) is 5.21 Å². The summed E-state index contributed by atoms with van der Waals surface area (Å²) in [5.74, 6) is 0. The van der Waals surface area contributed by atoms with Gasteiger partial charge in [-0.2, -0.15) is 0 Å². The molecule has 0 fully saturated rings. The largest absolute Gasteiger partial charge is 0.411 e. The highest BCUT2D eigenvalue weighted by Gasteiger charge is 2.32. The fraction of sp³-hybridized carbons (Fsp3) is 0.364. The highest BCUT2D eigenvalue weighted by molar-refractivity contribution is 5.74. The molecule has 0 aromatic heterocycles. The van der Waals surface area contributed by atoms with Crippen LogP contribution in [0.2, 0.25) is 0 Å². The fourth-order valence-electron chi connectivity index (χ4n) is 2.09. The minimum Gasteiger partial charge on any atom is -0.411 e. The molecule has 0 bridgehead atoms. The molecule has 0 spiro atoms. The highest BCUT2D eigenvalue weighted by Crippen LogP contribution is 2.36. The van der Waals surface area contributed by atoms with Crippen LogP contribution in [0.25, 0.3) is 0 Å². The van der Waals surface area contributed by atoms with Gasteiger partial charge in [0.15, 0.2) is 0 Å². The lowest BCUT2D eigenvalue weighted by atomic mass is 9.86.